The molecule has 0 aromatic carbocycles. The predicted molar refractivity (Wildman–Crippen MR) is 74.6 cm³/mol. The largest absolute Gasteiger partial charge is 0.480 e. The first-order valence-electron chi connectivity index (χ1n) is 7.06. The molecule has 1 fully saturated rings. The van der Waals surface area contributed by atoms with E-state index in [0.29, 0.717) is 18.9 Å². The number of amides is 1. The van der Waals surface area contributed by atoms with Crippen molar-refractivity contribution >= 4 is 11.9 Å². The van der Waals surface area contributed by atoms with Crippen molar-refractivity contribution < 1.29 is 14.7 Å². The zero-order valence-electron chi connectivity index (χ0n) is 11.9. The molecule has 2 atom stereocenters. The lowest BCUT2D eigenvalue weighted by molar-refractivity contribution is -0.153. The fourth-order valence-corrected chi connectivity index (χ4v) is 2.69. The molecule has 2 unspecified atom stereocenters. The Labute approximate surface area is 122 Å². The van der Waals surface area contributed by atoms with E-state index in [1.165, 1.54) is 21.9 Å². The molecule has 0 bridgehead atoms. The Balaban J connectivity index is 2.12. The molecule has 1 aliphatic rings. The van der Waals surface area contributed by atoms with Crippen LogP contribution in [-0.4, -0.2) is 44.0 Å². The summed E-state index contributed by atoms with van der Waals surface area (Å²) in [7, 11) is 0. The highest BCUT2D eigenvalue weighted by Crippen LogP contribution is 2.25. The average Bonchev–Trinajstić information content (AvgIpc) is 2.48. The molecule has 0 saturated carbocycles. The van der Waals surface area contributed by atoms with E-state index in [4.69, 9.17) is 0 Å². The summed E-state index contributed by atoms with van der Waals surface area (Å²) in [5.41, 5.74) is -0.513. The third kappa shape index (κ3) is 3.48. The van der Waals surface area contributed by atoms with Gasteiger partial charge in [0.1, 0.15) is 12.6 Å². The van der Waals surface area contributed by atoms with Crippen LogP contribution in [0, 0.1) is 5.92 Å². The fraction of sp³-hybridized carbons (Fsp3) is 0.571. The Bertz CT molecular complexity index is 584. The summed E-state index contributed by atoms with van der Waals surface area (Å²) in [6.45, 7) is 2.27. The van der Waals surface area contributed by atoms with Gasteiger partial charge in [0.25, 0.3) is 0 Å². The van der Waals surface area contributed by atoms with Gasteiger partial charge in [-0.3, -0.25) is 9.36 Å². The second-order valence-electron chi connectivity index (χ2n) is 5.27. The third-order valence-corrected chi connectivity index (χ3v) is 3.98. The number of hydrogen-bond donors (Lipinski definition) is 1. The molecule has 0 spiro atoms. The van der Waals surface area contributed by atoms with Crippen LogP contribution in [0.25, 0.3) is 0 Å². The van der Waals surface area contributed by atoms with E-state index < -0.39 is 17.7 Å². The van der Waals surface area contributed by atoms with Gasteiger partial charge in [-0.25, -0.2) is 14.6 Å². The standard InChI is InChI=1S/C14H19N3O4/c1-2-10-4-7-17(11(8-10)13(19)20)12(18)9-16-6-3-5-15-14(16)21/h3,5-6,10-11H,2,4,7-9H2,1H3,(H,19,20). The second kappa shape index (κ2) is 6.51. The first kappa shape index (κ1) is 15.2. The second-order valence-corrected chi connectivity index (χ2v) is 5.27. The zero-order valence-corrected chi connectivity index (χ0v) is 11.9. The third-order valence-electron chi connectivity index (χ3n) is 3.98. The van der Waals surface area contributed by atoms with Crippen molar-refractivity contribution in [1.29, 1.82) is 0 Å². The van der Waals surface area contributed by atoms with E-state index >= 15 is 0 Å². The first-order valence-corrected chi connectivity index (χ1v) is 7.06. The van der Waals surface area contributed by atoms with Crippen LogP contribution in [0.15, 0.2) is 23.3 Å². The van der Waals surface area contributed by atoms with Gasteiger partial charge in [0, 0.05) is 18.9 Å². The van der Waals surface area contributed by atoms with Crippen molar-refractivity contribution in [2.45, 2.75) is 38.8 Å². The Kier molecular flexibility index (Phi) is 4.72. The number of rotatable bonds is 4. The summed E-state index contributed by atoms with van der Waals surface area (Å²) in [5.74, 6) is -1.01. The molecule has 21 heavy (non-hydrogen) atoms. The summed E-state index contributed by atoms with van der Waals surface area (Å²) in [5, 5.41) is 9.32. The topological polar surface area (TPSA) is 92.5 Å². The summed E-state index contributed by atoms with van der Waals surface area (Å²) in [4.78, 5) is 40.1. The van der Waals surface area contributed by atoms with E-state index in [-0.39, 0.29) is 12.5 Å². The van der Waals surface area contributed by atoms with Gasteiger partial charge in [-0.05, 0) is 24.8 Å². The molecule has 1 aromatic rings. The monoisotopic (exact) mass is 293 g/mol. The lowest BCUT2D eigenvalue weighted by Gasteiger charge is -2.37. The SMILES string of the molecule is CCC1CCN(C(=O)Cn2cccnc2=O)C(C(=O)O)C1. The minimum absolute atomic E-state index is 0.173. The minimum atomic E-state index is -0.986. The molecule has 2 rings (SSSR count). The van der Waals surface area contributed by atoms with Gasteiger partial charge in [0.05, 0.1) is 0 Å². The van der Waals surface area contributed by atoms with Crippen molar-refractivity contribution in [2.75, 3.05) is 6.54 Å². The molecule has 1 aliphatic heterocycles. The Morgan fingerprint density at radius 2 is 2.24 bits per heavy atom. The van der Waals surface area contributed by atoms with E-state index in [0.717, 1.165) is 12.8 Å². The quantitative estimate of drug-likeness (QED) is 0.864. The van der Waals surface area contributed by atoms with Gasteiger partial charge >= 0.3 is 11.7 Å². The zero-order chi connectivity index (χ0) is 15.4. The molecule has 2 heterocycles. The van der Waals surface area contributed by atoms with Gasteiger partial charge < -0.3 is 10.0 Å². The number of likely N-dealkylation sites (tertiary alicyclic amines) is 1. The number of carbonyl (C=O) groups excluding carboxylic acids is 1. The number of nitrogens with zero attached hydrogens (tertiary/aromatic N) is 3. The van der Waals surface area contributed by atoms with Crippen LogP contribution < -0.4 is 5.69 Å². The van der Waals surface area contributed by atoms with Crippen LogP contribution in [0.3, 0.4) is 0 Å². The summed E-state index contributed by atoms with van der Waals surface area (Å²) >= 11 is 0. The summed E-state index contributed by atoms with van der Waals surface area (Å²) in [6.07, 6.45) is 5.01. The highest BCUT2D eigenvalue weighted by atomic mass is 16.4. The molecular formula is C14H19N3O4. The highest BCUT2D eigenvalue weighted by Gasteiger charge is 2.35. The molecule has 0 radical (unpaired) electrons. The number of carboxylic acids is 1. The van der Waals surface area contributed by atoms with Crippen LogP contribution in [0.2, 0.25) is 0 Å². The highest BCUT2D eigenvalue weighted by molar-refractivity contribution is 5.83. The molecule has 7 heteroatoms. The Hall–Kier alpha value is -2.18. The number of carboxylic acid groups (broad SMARTS) is 1. The van der Waals surface area contributed by atoms with E-state index in [9.17, 15) is 19.5 Å². The van der Waals surface area contributed by atoms with Crippen LogP contribution in [0.4, 0.5) is 0 Å². The predicted octanol–water partition coefficient (Wildman–Crippen LogP) is 0.345. The van der Waals surface area contributed by atoms with Crippen molar-refractivity contribution in [3.8, 4) is 0 Å². The molecule has 1 aromatic heterocycles. The van der Waals surface area contributed by atoms with Gasteiger partial charge in [-0.15, -0.1) is 0 Å². The van der Waals surface area contributed by atoms with E-state index in [1.807, 2.05) is 6.92 Å². The van der Waals surface area contributed by atoms with Crippen LogP contribution in [0.5, 0.6) is 0 Å². The van der Waals surface area contributed by atoms with Crippen molar-refractivity contribution in [3.05, 3.63) is 28.9 Å². The van der Waals surface area contributed by atoms with Gasteiger partial charge in [0.15, 0.2) is 0 Å². The number of carbonyl (C=O) groups is 2. The molecule has 1 saturated heterocycles. The van der Waals surface area contributed by atoms with Crippen LogP contribution in [0.1, 0.15) is 26.2 Å². The molecule has 0 aliphatic carbocycles. The minimum Gasteiger partial charge on any atom is -0.480 e. The molecule has 1 N–H and O–H groups in total. The van der Waals surface area contributed by atoms with Crippen LogP contribution in [-0.2, 0) is 16.1 Å². The van der Waals surface area contributed by atoms with E-state index in [1.54, 1.807) is 6.07 Å². The van der Waals surface area contributed by atoms with Crippen molar-refractivity contribution in [3.63, 3.8) is 0 Å². The fourth-order valence-electron chi connectivity index (χ4n) is 2.69. The normalized spacial score (nSPS) is 22.0. The van der Waals surface area contributed by atoms with Crippen LogP contribution >= 0.6 is 0 Å². The summed E-state index contributed by atoms with van der Waals surface area (Å²) < 4.78 is 1.19. The molecule has 1 amide bonds. The van der Waals surface area contributed by atoms with Crippen molar-refractivity contribution in [1.82, 2.24) is 14.5 Å². The van der Waals surface area contributed by atoms with Gasteiger partial charge in [-0.1, -0.05) is 13.3 Å². The van der Waals surface area contributed by atoms with Gasteiger partial charge in [0.2, 0.25) is 5.91 Å². The smallest absolute Gasteiger partial charge is 0.347 e. The Morgan fingerprint density at radius 1 is 1.48 bits per heavy atom. The number of aromatic nitrogens is 2. The summed E-state index contributed by atoms with van der Waals surface area (Å²) in [6, 6.07) is 0.760. The lowest BCUT2D eigenvalue weighted by Crippen LogP contribution is -2.51. The lowest BCUT2D eigenvalue weighted by atomic mass is 9.89. The maximum absolute atomic E-state index is 12.3. The van der Waals surface area contributed by atoms with E-state index in [2.05, 4.69) is 4.98 Å². The average molecular weight is 293 g/mol. The number of piperidine rings is 1. The molecule has 114 valence electrons. The number of hydrogen-bond acceptors (Lipinski definition) is 4. The maximum atomic E-state index is 12.3. The Morgan fingerprint density at radius 3 is 2.86 bits per heavy atom. The molecule has 7 nitrogen and oxygen atoms in total. The molecular weight excluding hydrogens is 274 g/mol. The number of aliphatic carboxylic acids is 1. The maximum Gasteiger partial charge on any atom is 0.347 e. The first-order chi connectivity index (χ1) is 10.0. The van der Waals surface area contributed by atoms with Gasteiger partial charge in [-0.2, -0.15) is 0 Å². The van der Waals surface area contributed by atoms with Crippen molar-refractivity contribution in [2.24, 2.45) is 5.92 Å².